The average Bonchev–Trinajstić information content (AvgIpc) is 2.67. The molecule has 2 N–H and O–H groups in total. The van der Waals surface area contributed by atoms with E-state index in [0.717, 1.165) is 18.5 Å². The van der Waals surface area contributed by atoms with Crippen molar-refractivity contribution in [3.05, 3.63) is 18.0 Å². The fourth-order valence-corrected chi connectivity index (χ4v) is 1.30. The van der Waals surface area contributed by atoms with Gasteiger partial charge in [0.15, 0.2) is 0 Å². The first kappa shape index (κ1) is 11.7. The number of nitrogens with two attached hydrogens (primary N) is 1. The first-order valence-corrected chi connectivity index (χ1v) is 5.02. The second-order valence-corrected chi connectivity index (χ2v) is 3.42. The van der Waals surface area contributed by atoms with Gasteiger partial charge >= 0.3 is 5.97 Å². The van der Waals surface area contributed by atoms with E-state index >= 15 is 0 Å². The van der Waals surface area contributed by atoms with Gasteiger partial charge in [-0.25, -0.2) is 0 Å². The molecule has 0 radical (unpaired) electrons. The van der Waals surface area contributed by atoms with Crippen molar-refractivity contribution in [3.8, 4) is 0 Å². The molecule has 5 nitrogen and oxygen atoms in total. The van der Waals surface area contributed by atoms with Crippen LogP contribution in [0.1, 0.15) is 31.4 Å². The number of methoxy groups -OCH3 is 1. The van der Waals surface area contributed by atoms with Crippen LogP contribution in [0, 0.1) is 0 Å². The summed E-state index contributed by atoms with van der Waals surface area (Å²) in [6.45, 7) is 2.95. The molecule has 0 aromatic carbocycles. The standard InChI is InChI=1S/C10H17N3O2/c1-3-4-13-7-8(6-12-13)9(11)5-10(14)15-2/h6-7,9H,3-5,11H2,1-2H3/t9-/m1/s1. The molecule has 1 heterocycles. The van der Waals surface area contributed by atoms with Crippen LogP contribution in [0.25, 0.3) is 0 Å². The van der Waals surface area contributed by atoms with Crippen molar-refractivity contribution in [3.63, 3.8) is 0 Å². The molecule has 5 heteroatoms. The number of rotatable bonds is 5. The Morgan fingerprint density at radius 2 is 2.47 bits per heavy atom. The molecule has 1 atom stereocenters. The number of carbonyl (C=O) groups excluding carboxylic acids is 1. The lowest BCUT2D eigenvalue weighted by atomic mass is 10.1. The van der Waals surface area contributed by atoms with Crippen LogP contribution >= 0.6 is 0 Å². The third-order valence-electron chi connectivity index (χ3n) is 2.15. The van der Waals surface area contributed by atoms with Gasteiger partial charge in [0, 0.05) is 24.3 Å². The Morgan fingerprint density at radius 1 is 1.73 bits per heavy atom. The molecule has 1 rings (SSSR count). The van der Waals surface area contributed by atoms with E-state index < -0.39 is 0 Å². The summed E-state index contributed by atoms with van der Waals surface area (Å²) in [5, 5.41) is 4.14. The number of nitrogens with zero attached hydrogens (tertiary/aromatic N) is 2. The van der Waals surface area contributed by atoms with Crippen molar-refractivity contribution in [2.45, 2.75) is 32.4 Å². The first-order chi connectivity index (χ1) is 7.17. The number of esters is 1. The highest BCUT2D eigenvalue weighted by Gasteiger charge is 2.13. The molecule has 0 aliphatic carbocycles. The summed E-state index contributed by atoms with van der Waals surface area (Å²) in [5.41, 5.74) is 6.70. The molecule has 0 saturated carbocycles. The number of hydrogen-bond acceptors (Lipinski definition) is 4. The predicted octanol–water partition coefficient (Wildman–Crippen LogP) is 0.856. The first-order valence-electron chi connectivity index (χ1n) is 5.02. The summed E-state index contributed by atoms with van der Waals surface area (Å²) in [6, 6.07) is -0.331. The highest BCUT2D eigenvalue weighted by molar-refractivity contribution is 5.70. The van der Waals surface area contributed by atoms with Gasteiger partial charge in [0.1, 0.15) is 0 Å². The molecule has 0 aliphatic heterocycles. The summed E-state index contributed by atoms with van der Waals surface area (Å²) < 4.78 is 6.38. The van der Waals surface area contributed by atoms with Gasteiger partial charge in [-0.2, -0.15) is 5.10 Å². The molecular formula is C10H17N3O2. The summed E-state index contributed by atoms with van der Waals surface area (Å²) in [7, 11) is 1.36. The fourth-order valence-electron chi connectivity index (χ4n) is 1.30. The van der Waals surface area contributed by atoms with Gasteiger partial charge in [0.2, 0.25) is 0 Å². The molecule has 0 saturated heterocycles. The Morgan fingerprint density at radius 3 is 3.07 bits per heavy atom. The van der Waals surface area contributed by atoms with Crippen LogP contribution in [0.4, 0.5) is 0 Å². The molecule has 0 spiro atoms. The van der Waals surface area contributed by atoms with Gasteiger partial charge in [-0.3, -0.25) is 9.48 Å². The van der Waals surface area contributed by atoms with Crippen molar-refractivity contribution < 1.29 is 9.53 Å². The molecule has 84 valence electrons. The van der Waals surface area contributed by atoms with E-state index in [2.05, 4.69) is 16.8 Å². The summed E-state index contributed by atoms with van der Waals surface area (Å²) in [4.78, 5) is 11.0. The molecule has 1 aromatic heterocycles. The second kappa shape index (κ2) is 5.50. The molecule has 1 aromatic rings. The van der Waals surface area contributed by atoms with Crippen LogP contribution in [0.15, 0.2) is 12.4 Å². The van der Waals surface area contributed by atoms with Crippen molar-refractivity contribution in [2.24, 2.45) is 5.73 Å². The van der Waals surface area contributed by atoms with Gasteiger partial charge in [0.25, 0.3) is 0 Å². The average molecular weight is 211 g/mol. The number of aryl methyl sites for hydroxylation is 1. The Hall–Kier alpha value is -1.36. The topological polar surface area (TPSA) is 70.1 Å². The lowest BCUT2D eigenvalue weighted by molar-refractivity contribution is -0.141. The van der Waals surface area contributed by atoms with Crippen LogP contribution in [0.2, 0.25) is 0 Å². The van der Waals surface area contributed by atoms with Crippen molar-refractivity contribution in [2.75, 3.05) is 7.11 Å². The third-order valence-corrected chi connectivity index (χ3v) is 2.15. The molecule has 0 fully saturated rings. The van der Waals surface area contributed by atoms with E-state index in [1.165, 1.54) is 7.11 Å². The van der Waals surface area contributed by atoms with Crippen molar-refractivity contribution in [1.29, 1.82) is 0 Å². The number of carbonyl (C=O) groups is 1. The summed E-state index contributed by atoms with van der Waals surface area (Å²) >= 11 is 0. The van der Waals surface area contributed by atoms with Crippen molar-refractivity contribution in [1.82, 2.24) is 9.78 Å². The van der Waals surface area contributed by atoms with Crippen molar-refractivity contribution >= 4 is 5.97 Å². The Bertz CT molecular complexity index is 322. The van der Waals surface area contributed by atoms with Crippen LogP contribution in [-0.4, -0.2) is 22.9 Å². The largest absolute Gasteiger partial charge is 0.469 e. The summed E-state index contributed by atoms with van der Waals surface area (Å²) in [6.07, 6.45) is 4.78. The molecule has 0 bridgehead atoms. The number of ether oxygens (including phenoxy) is 1. The highest BCUT2D eigenvalue weighted by Crippen LogP contribution is 2.13. The van der Waals surface area contributed by atoms with Crippen LogP contribution in [0.5, 0.6) is 0 Å². The maximum Gasteiger partial charge on any atom is 0.307 e. The summed E-state index contributed by atoms with van der Waals surface area (Å²) in [5.74, 6) is -0.300. The van der Waals surface area contributed by atoms with Crippen LogP contribution in [-0.2, 0) is 16.1 Å². The minimum atomic E-state index is -0.331. The SMILES string of the molecule is CCCn1cc([C@H](N)CC(=O)OC)cn1. The normalized spacial score (nSPS) is 12.5. The van der Waals surface area contributed by atoms with E-state index in [4.69, 9.17) is 5.73 Å². The van der Waals surface area contributed by atoms with Gasteiger partial charge in [-0.15, -0.1) is 0 Å². The minimum absolute atomic E-state index is 0.189. The van der Waals surface area contributed by atoms with E-state index in [9.17, 15) is 4.79 Å². The zero-order valence-electron chi connectivity index (χ0n) is 9.14. The predicted molar refractivity (Wildman–Crippen MR) is 56.1 cm³/mol. The highest BCUT2D eigenvalue weighted by atomic mass is 16.5. The monoisotopic (exact) mass is 211 g/mol. The fraction of sp³-hybridized carbons (Fsp3) is 0.600. The van der Waals surface area contributed by atoms with E-state index in [0.29, 0.717) is 0 Å². The van der Waals surface area contributed by atoms with Gasteiger partial charge in [-0.05, 0) is 6.42 Å². The molecule has 0 aliphatic rings. The maximum atomic E-state index is 11.0. The van der Waals surface area contributed by atoms with Crippen LogP contribution in [0.3, 0.4) is 0 Å². The lowest BCUT2D eigenvalue weighted by Crippen LogP contribution is -2.15. The zero-order valence-corrected chi connectivity index (χ0v) is 9.14. The smallest absolute Gasteiger partial charge is 0.307 e. The maximum absolute atomic E-state index is 11.0. The van der Waals surface area contributed by atoms with Crippen LogP contribution < -0.4 is 5.73 Å². The Kier molecular flexibility index (Phi) is 4.30. The van der Waals surface area contributed by atoms with E-state index in [-0.39, 0.29) is 18.4 Å². The minimum Gasteiger partial charge on any atom is -0.469 e. The molecule has 0 amide bonds. The molecular weight excluding hydrogens is 194 g/mol. The van der Waals surface area contributed by atoms with Gasteiger partial charge < -0.3 is 10.5 Å². The molecule has 0 unspecified atom stereocenters. The zero-order chi connectivity index (χ0) is 11.3. The number of aromatic nitrogens is 2. The van der Waals surface area contributed by atoms with E-state index in [1.807, 2.05) is 10.9 Å². The Labute approximate surface area is 89.2 Å². The third kappa shape index (κ3) is 3.36. The number of hydrogen-bond donors (Lipinski definition) is 1. The lowest BCUT2D eigenvalue weighted by Gasteiger charge is -2.06. The Balaban J connectivity index is 2.57. The van der Waals surface area contributed by atoms with E-state index in [1.54, 1.807) is 6.20 Å². The van der Waals surface area contributed by atoms with Gasteiger partial charge in [0.05, 0.1) is 19.7 Å². The van der Waals surface area contributed by atoms with Gasteiger partial charge in [-0.1, -0.05) is 6.92 Å². The quantitative estimate of drug-likeness (QED) is 0.733. The molecule has 15 heavy (non-hydrogen) atoms. The second-order valence-electron chi connectivity index (χ2n) is 3.42.